The number of rotatable bonds is 5. The zero-order valence-corrected chi connectivity index (χ0v) is 15.4. The van der Waals surface area contributed by atoms with Crippen LogP contribution in [0.4, 0.5) is 0 Å². The van der Waals surface area contributed by atoms with E-state index < -0.39 is 0 Å². The molecule has 1 aromatic carbocycles. The standard InChI is InChI=1S/C20H22N4O3/c1-12(19(21)25)8-13-9-15-18-16(10-13)27-7-3-6-24(18)20(23-15)14-4-5-17(26-2)22-11-14/h4-5,9-12H,3,6-8H2,1-2H3,(H2,21,25)/t12-/m1/s1. The maximum Gasteiger partial charge on any atom is 0.220 e. The smallest absolute Gasteiger partial charge is 0.220 e. The average molecular weight is 366 g/mol. The molecule has 3 aromatic rings. The van der Waals surface area contributed by atoms with Crippen LogP contribution in [0, 0.1) is 5.92 Å². The molecule has 0 spiro atoms. The number of aromatic nitrogens is 3. The summed E-state index contributed by atoms with van der Waals surface area (Å²) >= 11 is 0. The highest BCUT2D eigenvalue weighted by Gasteiger charge is 2.21. The van der Waals surface area contributed by atoms with Crippen molar-refractivity contribution in [2.75, 3.05) is 13.7 Å². The fourth-order valence-corrected chi connectivity index (χ4v) is 3.44. The monoisotopic (exact) mass is 366 g/mol. The minimum Gasteiger partial charge on any atom is -0.491 e. The molecule has 1 aliphatic heterocycles. The third-order valence-electron chi connectivity index (χ3n) is 4.88. The minimum absolute atomic E-state index is 0.243. The van der Waals surface area contributed by atoms with Crippen molar-refractivity contribution >= 4 is 16.9 Å². The molecule has 2 aromatic heterocycles. The van der Waals surface area contributed by atoms with Gasteiger partial charge in [0.15, 0.2) is 0 Å². The Hall–Kier alpha value is -3.09. The van der Waals surface area contributed by atoms with E-state index in [1.807, 2.05) is 31.2 Å². The highest BCUT2D eigenvalue weighted by molar-refractivity contribution is 5.87. The molecule has 7 nitrogen and oxygen atoms in total. The summed E-state index contributed by atoms with van der Waals surface area (Å²) in [5.41, 5.74) is 9.18. The van der Waals surface area contributed by atoms with Crippen molar-refractivity contribution in [3.8, 4) is 23.0 Å². The first-order chi connectivity index (χ1) is 13.1. The van der Waals surface area contributed by atoms with Crippen molar-refractivity contribution in [2.24, 2.45) is 11.7 Å². The number of primary amides is 1. The maximum atomic E-state index is 11.4. The van der Waals surface area contributed by atoms with E-state index >= 15 is 0 Å². The average Bonchev–Trinajstić information content (AvgIpc) is 2.89. The van der Waals surface area contributed by atoms with Gasteiger partial charge in [-0.25, -0.2) is 9.97 Å². The molecule has 1 amide bonds. The zero-order chi connectivity index (χ0) is 19.0. The largest absolute Gasteiger partial charge is 0.491 e. The van der Waals surface area contributed by atoms with Gasteiger partial charge in [-0.3, -0.25) is 4.79 Å². The Bertz CT molecular complexity index is 995. The Morgan fingerprint density at radius 1 is 1.41 bits per heavy atom. The molecule has 3 heterocycles. The molecule has 0 saturated heterocycles. The van der Waals surface area contributed by atoms with E-state index in [2.05, 4.69) is 9.55 Å². The van der Waals surface area contributed by atoms with Crippen LogP contribution in [0.1, 0.15) is 18.9 Å². The number of carbonyl (C=O) groups is 1. The molecule has 0 bridgehead atoms. The lowest BCUT2D eigenvalue weighted by molar-refractivity contribution is -0.121. The quantitative estimate of drug-likeness (QED) is 0.749. The van der Waals surface area contributed by atoms with Crippen LogP contribution in [0.3, 0.4) is 0 Å². The molecule has 140 valence electrons. The summed E-state index contributed by atoms with van der Waals surface area (Å²) in [7, 11) is 1.60. The number of methoxy groups -OCH3 is 1. The second-order valence-corrected chi connectivity index (χ2v) is 6.85. The van der Waals surface area contributed by atoms with Gasteiger partial charge < -0.3 is 19.8 Å². The normalized spacial score (nSPS) is 14.4. The topological polar surface area (TPSA) is 92.3 Å². The fraction of sp³-hybridized carbons (Fsp3) is 0.350. The van der Waals surface area contributed by atoms with Gasteiger partial charge in [-0.05, 0) is 36.6 Å². The van der Waals surface area contributed by atoms with E-state index in [4.69, 9.17) is 20.2 Å². The number of imidazole rings is 1. The van der Waals surface area contributed by atoms with Gasteiger partial charge in [-0.15, -0.1) is 0 Å². The molecule has 1 aliphatic rings. The Morgan fingerprint density at radius 3 is 2.96 bits per heavy atom. The van der Waals surface area contributed by atoms with Crippen molar-refractivity contribution in [2.45, 2.75) is 26.3 Å². The lowest BCUT2D eigenvalue weighted by atomic mass is 10.00. The SMILES string of the molecule is COc1ccc(-c2nc3cc(C[C@@H](C)C(N)=O)cc4c3n2CCCO4)cn1. The molecule has 0 saturated carbocycles. The van der Waals surface area contributed by atoms with E-state index in [9.17, 15) is 4.79 Å². The van der Waals surface area contributed by atoms with Gasteiger partial charge in [0, 0.05) is 30.3 Å². The van der Waals surface area contributed by atoms with Crippen LogP contribution in [0.5, 0.6) is 11.6 Å². The van der Waals surface area contributed by atoms with Crippen LogP contribution in [-0.4, -0.2) is 34.2 Å². The highest BCUT2D eigenvalue weighted by Crippen LogP contribution is 2.35. The molecule has 0 aliphatic carbocycles. The molecule has 4 rings (SSSR count). The van der Waals surface area contributed by atoms with E-state index in [1.165, 1.54) is 0 Å². The molecule has 0 fully saturated rings. The van der Waals surface area contributed by atoms with Crippen molar-refractivity contribution in [3.05, 3.63) is 36.0 Å². The first-order valence-corrected chi connectivity index (χ1v) is 9.02. The lowest BCUT2D eigenvalue weighted by Crippen LogP contribution is -2.22. The van der Waals surface area contributed by atoms with Crippen molar-refractivity contribution in [1.82, 2.24) is 14.5 Å². The van der Waals surface area contributed by atoms with Gasteiger partial charge in [0.2, 0.25) is 11.8 Å². The summed E-state index contributed by atoms with van der Waals surface area (Å²) in [5.74, 6) is 1.67. The number of nitrogens with two attached hydrogens (primary N) is 1. The molecule has 1 atom stereocenters. The van der Waals surface area contributed by atoms with E-state index in [-0.39, 0.29) is 11.8 Å². The molecule has 0 radical (unpaired) electrons. The van der Waals surface area contributed by atoms with Gasteiger partial charge in [0.25, 0.3) is 0 Å². The van der Waals surface area contributed by atoms with Gasteiger partial charge in [-0.1, -0.05) is 6.92 Å². The van der Waals surface area contributed by atoms with Crippen molar-refractivity contribution in [1.29, 1.82) is 0 Å². The summed E-state index contributed by atoms with van der Waals surface area (Å²) < 4.78 is 13.3. The minimum atomic E-state index is -0.308. The molecule has 7 heteroatoms. The third kappa shape index (κ3) is 3.20. The predicted molar refractivity (Wildman–Crippen MR) is 102 cm³/mol. The number of pyridine rings is 1. The number of nitrogens with zero attached hydrogens (tertiary/aromatic N) is 3. The third-order valence-corrected chi connectivity index (χ3v) is 4.88. The second-order valence-electron chi connectivity index (χ2n) is 6.85. The highest BCUT2D eigenvalue weighted by atomic mass is 16.5. The van der Waals surface area contributed by atoms with Crippen molar-refractivity contribution in [3.63, 3.8) is 0 Å². The number of hydrogen-bond acceptors (Lipinski definition) is 5. The van der Waals surface area contributed by atoms with E-state index in [0.29, 0.717) is 18.9 Å². The van der Waals surface area contributed by atoms with Crippen LogP contribution in [-0.2, 0) is 17.8 Å². The number of amides is 1. The number of benzene rings is 1. The van der Waals surface area contributed by atoms with Gasteiger partial charge in [-0.2, -0.15) is 0 Å². The van der Waals surface area contributed by atoms with Crippen LogP contribution < -0.4 is 15.2 Å². The molecular weight excluding hydrogens is 344 g/mol. The number of carbonyl (C=O) groups excluding carboxylic acids is 1. The molecule has 0 unspecified atom stereocenters. The van der Waals surface area contributed by atoms with Gasteiger partial charge in [0.1, 0.15) is 17.1 Å². The van der Waals surface area contributed by atoms with Crippen LogP contribution in [0.25, 0.3) is 22.4 Å². The van der Waals surface area contributed by atoms with E-state index in [1.54, 1.807) is 13.3 Å². The number of hydrogen-bond donors (Lipinski definition) is 1. The summed E-state index contributed by atoms with van der Waals surface area (Å²) in [5, 5.41) is 0. The molecular formula is C20H22N4O3. The first-order valence-electron chi connectivity index (χ1n) is 9.02. The van der Waals surface area contributed by atoms with Crippen molar-refractivity contribution < 1.29 is 14.3 Å². The Morgan fingerprint density at radius 2 is 2.26 bits per heavy atom. The molecule has 27 heavy (non-hydrogen) atoms. The Balaban J connectivity index is 1.83. The fourth-order valence-electron chi connectivity index (χ4n) is 3.44. The van der Waals surface area contributed by atoms with Crippen LogP contribution in [0.2, 0.25) is 0 Å². The Kier molecular flexibility index (Phi) is 4.43. The number of ether oxygens (including phenoxy) is 2. The summed E-state index contributed by atoms with van der Waals surface area (Å²) in [6.45, 7) is 3.30. The van der Waals surface area contributed by atoms with E-state index in [0.717, 1.165) is 46.7 Å². The first kappa shape index (κ1) is 17.3. The van der Waals surface area contributed by atoms with Gasteiger partial charge in [0.05, 0.1) is 19.2 Å². The van der Waals surface area contributed by atoms with Crippen LogP contribution >= 0.6 is 0 Å². The maximum absolute atomic E-state index is 11.4. The Labute approximate surface area is 157 Å². The second kappa shape index (κ2) is 6.90. The molecule has 2 N–H and O–H groups in total. The summed E-state index contributed by atoms with van der Waals surface area (Å²) in [4.78, 5) is 20.6. The summed E-state index contributed by atoms with van der Waals surface area (Å²) in [6.07, 6.45) is 3.22. The number of aryl methyl sites for hydroxylation is 1. The zero-order valence-electron chi connectivity index (χ0n) is 15.4. The predicted octanol–water partition coefficient (Wildman–Crippen LogP) is 2.55. The lowest BCUT2D eigenvalue weighted by Gasteiger charge is -2.10. The van der Waals surface area contributed by atoms with Gasteiger partial charge >= 0.3 is 0 Å². The van der Waals surface area contributed by atoms with Crippen LogP contribution in [0.15, 0.2) is 30.5 Å². The summed E-state index contributed by atoms with van der Waals surface area (Å²) in [6, 6.07) is 7.80.